The molecule has 108 valence electrons. The normalized spacial score (nSPS) is 18.2. The smallest absolute Gasteiger partial charge is 0.244 e. The lowest BCUT2D eigenvalue weighted by atomic mass is 9.91. The Labute approximate surface area is 122 Å². The van der Waals surface area contributed by atoms with Crippen LogP contribution in [-0.4, -0.2) is 23.4 Å². The molecule has 6 heteroatoms. The highest BCUT2D eigenvalue weighted by Crippen LogP contribution is 2.29. The number of thiophene rings is 1. The summed E-state index contributed by atoms with van der Waals surface area (Å²) < 4.78 is 10.8. The number of rotatable bonds is 5. The second-order valence-corrected chi connectivity index (χ2v) is 5.90. The molecule has 5 nitrogen and oxygen atoms in total. The summed E-state index contributed by atoms with van der Waals surface area (Å²) >= 11 is 1.72. The van der Waals surface area contributed by atoms with E-state index in [-0.39, 0.29) is 6.04 Å². The number of ether oxygens (including phenoxy) is 1. The van der Waals surface area contributed by atoms with E-state index >= 15 is 0 Å². The number of hydrogen-bond acceptors (Lipinski definition) is 6. The molecule has 20 heavy (non-hydrogen) atoms. The molecule has 1 saturated heterocycles. The van der Waals surface area contributed by atoms with E-state index in [0.717, 1.165) is 32.6 Å². The molecular weight excluding hydrogens is 274 g/mol. The number of nitrogens with one attached hydrogen (secondary N) is 1. The van der Waals surface area contributed by atoms with Crippen LogP contribution in [-0.2, 0) is 11.3 Å². The quantitative estimate of drug-likeness (QED) is 0.918. The first-order valence-electron chi connectivity index (χ1n) is 6.95. The van der Waals surface area contributed by atoms with E-state index in [9.17, 15) is 0 Å². The second-order valence-electron chi connectivity index (χ2n) is 5.12. The lowest BCUT2D eigenvalue weighted by Crippen LogP contribution is -2.32. The maximum absolute atomic E-state index is 5.45. The largest absolute Gasteiger partial charge is 0.381 e. The topological polar surface area (TPSA) is 60.2 Å². The van der Waals surface area contributed by atoms with Crippen LogP contribution in [0.2, 0.25) is 0 Å². The van der Waals surface area contributed by atoms with E-state index in [1.54, 1.807) is 11.3 Å². The van der Waals surface area contributed by atoms with Gasteiger partial charge in [0, 0.05) is 19.8 Å². The van der Waals surface area contributed by atoms with E-state index in [1.165, 1.54) is 5.56 Å². The molecule has 2 aromatic heterocycles. The molecule has 2 aromatic rings. The fourth-order valence-electron chi connectivity index (χ4n) is 2.57. The van der Waals surface area contributed by atoms with Gasteiger partial charge in [0.25, 0.3) is 0 Å². The molecule has 0 unspecified atom stereocenters. The van der Waals surface area contributed by atoms with E-state index in [2.05, 4.69) is 32.3 Å². The molecule has 1 fully saturated rings. The van der Waals surface area contributed by atoms with Gasteiger partial charge in [0.05, 0.1) is 6.04 Å². The van der Waals surface area contributed by atoms with Crippen LogP contribution < -0.4 is 5.32 Å². The zero-order chi connectivity index (χ0) is 13.8. The molecule has 0 bridgehead atoms. The van der Waals surface area contributed by atoms with Gasteiger partial charge in [-0.2, -0.15) is 16.3 Å². The Hall–Kier alpha value is -1.24. The molecule has 0 radical (unpaired) electrons. The molecule has 0 saturated carbocycles. The van der Waals surface area contributed by atoms with Gasteiger partial charge in [-0.05, 0) is 48.1 Å². The highest BCUT2D eigenvalue weighted by atomic mass is 32.1. The van der Waals surface area contributed by atoms with Crippen molar-refractivity contribution in [1.29, 1.82) is 0 Å². The summed E-state index contributed by atoms with van der Waals surface area (Å²) in [6.07, 6.45) is 2.06. The fourth-order valence-corrected chi connectivity index (χ4v) is 3.23. The number of nitrogens with zero attached hydrogens (tertiary/aromatic N) is 2. The maximum atomic E-state index is 5.45. The van der Waals surface area contributed by atoms with Crippen LogP contribution in [0.5, 0.6) is 0 Å². The maximum Gasteiger partial charge on any atom is 0.244 e. The van der Waals surface area contributed by atoms with Crippen molar-refractivity contribution < 1.29 is 9.26 Å². The summed E-state index contributed by atoms with van der Waals surface area (Å²) in [5.41, 5.74) is 1.29. The van der Waals surface area contributed by atoms with Crippen molar-refractivity contribution in [3.8, 4) is 0 Å². The molecule has 1 aliphatic heterocycles. The monoisotopic (exact) mass is 293 g/mol. The summed E-state index contributed by atoms with van der Waals surface area (Å²) in [6, 6.07) is 2.25. The van der Waals surface area contributed by atoms with Gasteiger partial charge in [-0.1, -0.05) is 5.16 Å². The number of aromatic nitrogens is 2. The van der Waals surface area contributed by atoms with E-state index in [4.69, 9.17) is 9.26 Å². The first-order chi connectivity index (χ1) is 9.83. The fraction of sp³-hybridized carbons (Fsp3) is 0.571. The van der Waals surface area contributed by atoms with Crippen molar-refractivity contribution in [1.82, 2.24) is 15.5 Å². The van der Waals surface area contributed by atoms with Gasteiger partial charge in [-0.15, -0.1) is 0 Å². The van der Waals surface area contributed by atoms with E-state index in [0.29, 0.717) is 17.6 Å². The Kier molecular flexibility index (Phi) is 4.44. The second kappa shape index (κ2) is 6.47. The van der Waals surface area contributed by atoms with Crippen molar-refractivity contribution in [3.05, 3.63) is 34.1 Å². The summed E-state index contributed by atoms with van der Waals surface area (Å²) in [4.78, 5) is 4.41. The minimum absolute atomic E-state index is 0.111. The third-order valence-electron chi connectivity index (χ3n) is 3.65. The van der Waals surface area contributed by atoms with E-state index < -0.39 is 0 Å². The van der Waals surface area contributed by atoms with Crippen LogP contribution in [0.3, 0.4) is 0 Å². The third kappa shape index (κ3) is 3.26. The first-order valence-corrected chi connectivity index (χ1v) is 7.89. The summed E-state index contributed by atoms with van der Waals surface area (Å²) in [6.45, 7) is 4.31. The van der Waals surface area contributed by atoms with Crippen molar-refractivity contribution >= 4 is 11.3 Å². The van der Waals surface area contributed by atoms with Gasteiger partial charge in [-0.3, -0.25) is 0 Å². The van der Waals surface area contributed by atoms with Gasteiger partial charge in [0.1, 0.15) is 0 Å². The lowest BCUT2D eigenvalue weighted by Gasteiger charge is -2.28. The van der Waals surface area contributed by atoms with Gasteiger partial charge in [0.2, 0.25) is 5.89 Å². The van der Waals surface area contributed by atoms with Crippen LogP contribution >= 0.6 is 11.3 Å². The zero-order valence-corrected chi connectivity index (χ0v) is 12.4. The lowest BCUT2D eigenvalue weighted by molar-refractivity contribution is 0.0485. The highest BCUT2D eigenvalue weighted by molar-refractivity contribution is 7.07. The molecule has 3 heterocycles. The Balaban J connectivity index is 1.72. The van der Waals surface area contributed by atoms with Crippen LogP contribution in [0.4, 0.5) is 0 Å². The predicted molar refractivity (Wildman–Crippen MR) is 76.5 cm³/mol. The molecule has 1 N–H and O–H groups in total. The Bertz CT molecular complexity index is 520. The zero-order valence-electron chi connectivity index (χ0n) is 11.5. The molecule has 0 spiro atoms. The van der Waals surface area contributed by atoms with Crippen LogP contribution in [0.1, 0.15) is 36.2 Å². The van der Waals surface area contributed by atoms with Crippen molar-refractivity contribution in [2.75, 3.05) is 13.2 Å². The predicted octanol–water partition coefficient (Wildman–Crippen LogP) is 2.70. The summed E-state index contributed by atoms with van der Waals surface area (Å²) in [7, 11) is 0. The van der Waals surface area contributed by atoms with Crippen LogP contribution in [0, 0.1) is 12.8 Å². The average Bonchev–Trinajstić information content (AvgIpc) is 3.12. The molecule has 0 amide bonds. The van der Waals surface area contributed by atoms with Gasteiger partial charge in [-0.25, -0.2) is 0 Å². The average molecular weight is 293 g/mol. The highest BCUT2D eigenvalue weighted by Gasteiger charge is 2.29. The Morgan fingerprint density at radius 3 is 2.95 bits per heavy atom. The molecule has 0 aliphatic carbocycles. The SMILES string of the molecule is Cc1noc([C@H](NCc2ccsc2)C2CCOCC2)n1. The minimum atomic E-state index is 0.111. The molecule has 1 aliphatic rings. The van der Waals surface area contributed by atoms with Crippen LogP contribution in [0.25, 0.3) is 0 Å². The Morgan fingerprint density at radius 2 is 2.30 bits per heavy atom. The minimum Gasteiger partial charge on any atom is -0.381 e. The number of hydrogen-bond donors (Lipinski definition) is 1. The number of aryl methyl sites for hydroxylation is 1. The summed E-state index contributed by atoms with van der Waals surface area (Å²) in [5.74, 6) is 1.88. The van der Waals surface area contributed by atoms with Crippen molar-refractivity contribution in [3.63, 3.8) is 0 Å². The van der Waals surface area contributed by atoms with Crippen LogP contribution in [0.15, 0.2) is 21.3 Å². The molecule has 3 rings (SSSR count). The van der Waals surface area contributed by atoms with Crippen molar-refractivity contribution in [2.24, 2.45) is 5.92 Å². The third-order valence-corrected chi connectivity index (χ3v) is 4.38. The molecule has 0 aromatic carbocycles. The van der Waals surface area contributed by atoms with Gasteiger partial charge in [0.15, 0.2) is 5.82 Å². The standard InChI is InChI=1S/C14H19N3O2S/c1-10-16-14(19-17-10)13(12-2-5-18-6-3-12)15-8-11-4-7-20-9-11/h4,7,9,12-13,15H,2-3,5-6,8H2,1H3/t13-/m1/s1. The van der Waals surface area contributed by atoms with Gasteiger partial charge < -0.3 is 14.6 Å². The molecule has 1 atom stereocenters. The van der Waals surface area contributed by atoms with E-state index in [1.807, 2.05) is 6.92 Å². The van der Waals surface area contributed by atoms with Gasteiger partial charge >= 0.3 is 0 Å². The summed E-state index contributed by atoms with van der Waals surface area (Å²) in [5, 5.41) is 11.8. The van der Waals surface area contributed by atoms with Crippen molar-refractivity contribution in [2.45, 2.75) is 32.4 Å². The molecular formula is C14H19N3O2S. The Morgan fingerprint density at radius 1 is 1.45 bits per heavy atom. The first kappa shape index (κ1) is 13.7.